The maximum atomic E-state index is 6.10. The summed E-state index contributed by atoms with van der Waals surface area (Å²) in [6, 6.07) is 8.14. The minimum absolute atomic E-state index is 0. The van der Waals surface area contributed by atoms with Crippen molar-refractivity contribution in [2.75, 3.05) is 33.2 Å². The summed E-state index contributed by atoms with van der Waals surface area (Å²) in [6.45, 7) is 9.40. The van der Waals surface area contributed by atoms with Crippen molar-refractivity contribution in [2.45, 2.75) is 32.9 Å². The van der Waals surface area contributed by atoms with E-state index in [1.165, 1.54) is 5.56 Å². The van der Waals surface area contributed by atoms with Crippen LogP contribution in [0.25, 0.3) is 0 Å². The van der Waals surface area contributed by atoms with E-state index in [9.17, 15) is 0 Å². The van der Waals surface area contributed by atoms with E-state index in [1.807, 2.05) is 16.8 Å². The highest BCUT2D eigenvalue weighted by atomic mass is 35.5. The van der Waals surface area contributed by atoms with Crippen molar-refractivity contribution in [1.29, 1.82) is 0 Å². The molecule has 1 saturated heterocycles. The zero-order valence-electron chi connectivity index (χ0n) is 15.6. The van der Waals surface area contributed by atoms with Crippen LogP contribution in [0.2, 0.25) is 5.02 Å². The quantitative estimate of drug-likeness (QED) is 0.670. The monoisotopic (exact) mass is 397 g/mol. The molecule has 1 fully saturated rings. The van der Waals surface area contributed by atoms with E-state index < -0.39 is 0 Å². The Morgan fingerprint density at radius 1 is 1.08 bits per heavy atom. The molecular formula is C18H27Cl2N6-. The van der Waals surface area contributed by atoms with Crippen LogP contribution in [0.1, 0.15) is 37.7 Å². The van der Waals surface area contributed by atoms with E-state index in [2.05, 4.69) is 58.4 Å². The van der Waals surface area contributed by atoms with Gasteiger partial charge in [0, 0.05) is 37.7 Å². The van der Waals surface area contributed by atoms with E-state index in [4.69, 9.17) is 11.6 Å². The van der Waals surface area contributed by atoms with Crippen LogP contribution in [-0.4, -0.2) is 63.2 Å². The first-order chi connectivity index (χ1) is 12.0. The topological polar surface area (TPSA) is 50.1 Å². The van der Waals surface area contributed by atoms with Gasteiger partial charge in [0.25, 0.3) is 0 Å². The molecule has 1 aliphatic heterocycles. The van der Waals surface area contributed by atoms with E-state index in [0.717, 1.165) is 50.0 Å². The molecule has 0 saturated carbocycles. The van der Waals surface area contributed by atoms with Crippen LogP contribution in [0, 0.1) is 5.92 Å². The third kappa shape index (κ3) is 5.16. The number of aryl methyl sites for hydroxylation is 1. The van der Waals surface area contributed by atoms with Gasteiger partial charge in [-0.25, -0.2) is 4.68 Å². The summed E-state index contributed by atoms with van der Waals surface area (Å²) in [6.07, 6.45) is 1.06. The zero-order chi connectivity index (χ0) is 17.8. The maximum Gasteiger partial charge on any atom is 0.173 e. The Kier molecular flexibility index (Phi) is 7.83. The molecule has 1 aromatic heterocycles. The molecule has 26 heavy (non-hydrogen) atoms. The van der Waals surface area contributed by atoms with Crippen molar-refractivity contribution in [2.24, 2.45) is 5.92 Å². The normalized spacial score (nSPS) is 17.3. The fraction of sp³-hybridized carbons (Fsp3) is 0.611. The summed E-state index contributed by atoms with van der Waals surface area (Å²) < 4.78 is 1.97. The Labute approximate surface area is 166 Å². The number of aromatic nitrogens is 4. The molecule has 2 aromatic rings. The Bertz CT molecular complexity index is 665. The summed E-state index contributed by atoms with van der Waals surface area (Å²) in [7, 11) is 2.17. The number of nitrogens with zero attached hydrogens (tertiary/aromatic N) is 6. The molecule has 144 valence electrons. The molecular weight excluding hydrogens is 371 g/mol. The fourth-order valence-corrected chi connectivity index (χ4v) is 3.32. The lowest BCUT2D eigenvalue weighted by molar-refractivity contribution is -0.00000549. The van der Waals surface area contributed by atoms with Crippen molar-refractivity contribution in [3.63, 3.8) is 0 Å². The zero-order valence-corrected chi connectivity index (χ0v) is 17.2. The van der Waals surface area contributed by atoms with Gasteiger partial charge in [-0.15, -0.1) is 5.10 Å². The average molecular weight is 398 g/mol. The van der Waals surface area contributed by atoms with Crippen LogP contribution in [0.4, 0.5) is 0 Å². The number of hydrogen-bond acceptors (Lipinski definition) is 5. The van der Waals surface area contributed by atoms with Gasteiger partial charge in [-0.1, -0.05) is 37.6 Å². The molecule has 0 bridgehead atoms. The molecule has 0 N–H and O–H groups in total. The summed E-state index contributed by atoms with van der Waals surface area (Å²) in [5.41, 5.74) is 1.19. The van der Waals surface area contributed by atoms with Gasteiger partial charge in [0.1, 0.15) is 0 Å². The molecule has 8 heteroatoms. The minimum Gasteiger partial charge on any atom is -1.00 e. The second-order valence-electron chi connectivity index (χ2n) is 7.24. The Morgan fingerprint density at radius 2 is 1.73 bits per heavy atom. The molecule has 3 rings (SSSR count). The highest BCUT2D eigenvalue weighted by molar-refractivity contribution is 6.30. The lowest BCUT2D eigenvalue weighted by atomic mass is 10.0. The largest absolute Gasteiger partial charge is 1.00 e. The predicted octanol–water partition coefficient (Wildman–Crippen LogP) is -0.287. The predicted molar refractivity (Wildman–Crippen MR) is 99.6 cm³/mol. The van der Waals surface area contributed by atoms with Crippen LogP contribution < -0.4 is 12.4 Å². The molecule has 1 unspecified atom stereocenters. The number of hydrogen-bond donors (Lipinski definition) is 0. The van der Waals surface area contributed by atoms with Crippen molar-refractivity contribution < 1.29 is 12.4 Å². The number of rotatable bonds is 6. The molecule has 6 nitrogen and oxygen atoms in total. The minimum atomic E-state index is 0. The van der Waals surface area contributed by atoms with Gasteiger partial charge in [0.2, 0.25) is 0 Å². The maximum absolute atomic E-state index is 6.10. The number of likely N-dealkylation sites (N-methyl/N-ethyl adjacent to an activating group) is 1. The molecule has 1 aliphatic rings. The Balaban J connectivity index is 0.00000243. The third-order valence-electron chi connectivity index (χ3n) is 4.81. The summed E-state index contributed by atoms with van der Waals surface area (Å²) in [5.74, 6) is 1.54. The summed E-state index contributed by atoms with van der Waals surface area (Å²) in [4.78, 5) is 4.83. The van der Waals surface area contributed by atoms with Crippen molar-refractivity contribution >= 4 is 11.6 Å². The van der Waals surface area contributed by atoms with Gasteiger partial charge >= 0.3 is 0 Å². The van der Waals surface area contributed by atoms with Gasteiger partial charge < -0.3 is 17.3 Å². The average Bonchev–Trinajstić information content (AvgIpc) is 3.05. The second-order valence-corrected chi connectivity index (χ2v) is 7.67. The van der Waals surface area contributed by atoms with Crippen molar-refractivity contribution in [1.82, 2.24) is 30.0 Å². The molecule has 2 heterocycles. The lowest BCUT2D eigenvalue weighted by Gasteiger charge is -2.37. The fourth-order valence-electron chi connectivity index (χ4n) is 3.20. The highest BCUT2D eigenvalue weighted by Crippen LogP contribution is 2.29. The highest BCUT2D eigenvalue weighted by Gasteiger charge is 2.29. The molecule has 0 aliphatic carbocycles. The summed E-state index contributed by atoms with van der Waals surface area (Å²) >= 11 is 6.10. The van der Waals surface area contributed by atoms with Gasteiger partial charge in [0.05, 0.1) is 6.04 Å². The molecule has 1 atom stereocenters. The molecule has 0 radical (unpaired) electrons. The molecule has 1 aromatic carbocycles. The molecule has 0 spiro atoms. The standard InChI is InChI=1S/C18H27ClN6.ClH/c1-14(2)8-9-25-18(20-21-22-25)17(15-4-6-16(19)7-5-15)24-12-10-23(3)11-13-24;/h4-7,14,17H,8-13H2,1-3H3;1H/p-1. The Morgan fingerprint density at radius 3 is 2.35 bits per heavy atom. The third-order valence-corrected chi connectivity index (χ3v) is 5.06. The SMILES string of the molecule is CC(C)CCn1nnnc1C(c1ccc(Cl)cc1)N1CCN(C)CC1.[Cl-]. The first-order valence-electron chi connectivity index (χ1n) is 8.98. The van der Waals surface area contributed by atoms with Gasteiger partial charge in [-0.05, 0) is 47.5 Å². The smallest absolute Gasteiger partial charge is 0.173 e. The van der Waals surface area contributed by atoms with Crippen LogP contribution in [0.3, 0.4) is 0 Å². The van der Waals surface area contributed by atoms with Crippen LogP contribution >= 0.6 is 11.6 Å². The van der Waals surface area contributed by atoms with Gasteiger partial charge in [0.15, 0.2) is 5.82 Å². The van der Waals surface area contributed by atoms with E-state index >= 15 is 0 Å². The van der Waals surface area contributed by atoms with Crippen molar-refractivity contribution in [3.8, 4) is 0 Å². The number of tetrazole rings is 1. The number of piperazine rings is 1. The van der Waals surface area contributed by atoms with E-state index in [0.29, 0.717) is 5.92 Å². The number of benzene rings is 1. The lowest BCUT2D eigenvalue weighted by Crippen LogP contribution is -3.00. The number of halogens is 2. The van der Waals surface area contributed by atoms with Gasteiger partial charge in [-0.3, -0.25) is 4.90 Å². The van der Waals surface area contributed by atoms with Crippen LogP contribution in [-0.2, 0) is 6.54 Å². The second kappa shape index (κ2) is 9.65. The van der Waals surface area contributed by atoms with Crippen molar-refractivity contribution in [3.05, 3.63) is 40.7 Å². The van der Waals surface area contributed by atoms with Gasteiger partial charge in [-0.2, -0.15) is 0 Å². The van der Waals surface area contributed by atoms with Crippen LogP contribution in [0.15, 0.2) is 24.3 Å². The molecule has 0 amide bonds. The summed E-state index contributed by atoms with van der Waals surface area (Å²) in [5, 5.41) is 13.4. The first-order valence-corrected chi connectivity index (χ1v) is 9.36. The van der Waals surface area contributed by atoms with Crippen LogP contribution in [0.5, 0.6) is 0 Å². The Hall–Kier alpha value is -1.21. The first kappa shape index (κ1) is 21.1. The van der Waals surface area contributed by atoms with E-state index in [1.54, 1.807) is 0 Å². The van der Waals surface area contributed by atoms with E-state index in [-0.39, 0.29) is 18.4 Å².